The van der Waals surface area contributed by atoms with Crippen molar-refractivity contribution in [3.05, 3.63) is 23.3 Å². The molecule has 1 aliphatic carbocycles. The summed E-state index contributed by atoms with van der Waals surface area (Å²) < 4.78 is 0.870. The van der Waals surface area contributed by atoms with E-state index in [1.807, 2.05) is 0 Å². The minimum Gasteiger partial charge on any atom is -0.397 e. The molecular formula is C14H16N4O2S. The summed E-state index contributed by atoms with van der Waals surface area (Å²) in [6, 6.07) is 2.08. The molecule has 2 heterocycles. The number of nitrogens with zero attached hydrogens (tertiary/aromatic N) is 2. The van der Waals surface area contributed by atoms with E-state index in [9.17, 15) is 9.59 Å². The second-order valence-corrected chi connectivity index (χ2v) is 6.27. The number of hydrogen-bond acceptors (Lipinski definition) is 5. The van der Waals surface area contributed by atoms with Gasteiger partial charge in [0.15, 0.2) is 0 Å². The van der Waals surface area contributed by atoms with Gasteiger partial charge in [-0.05, 0) is 18.9 Å². The molecule has 0 aliphatic heterocycles. The third-order valence-electron chi connectivity index (χ3n) is 3.40. The molecule has 0 saturated heterocycles. The Hall–Kier alpha value is -2.15. The molecule has 2 amide bonds. The molecule has 3 N–H and O–H groups in total. The van der Waals surface area contributed by atoms with Gasteiger partial charge >= 0.3 is 0 Å². The maximum Gasteiger partial charge on any atom is 0.266 e. The van der Waals surface area contributed by atoms with Crippen LogP contribution < -0.4 is 11.1 Å². The van der Waals surface area contributed by atoms with Crippen molar-refractivity contribution < 1.29 is 9.59 Å². The van der Waals surface area contributed by atoms with Gasteiger partial charge in [0.25, 0.3) is 5.91 Å². The van der Waals surface area contributed by atoms with Crippen LogP contribution in [0, 0.1) is 0 Å². The van der Waals surface area contributed by atoms with E-state index < -0.39 is 0 Å². The fourth-order valence-corrected chi connectivity index (χ4v) is 3.18. The van der Waals surface area contributed by atoms with E-state index in [1.54, 1.807) is 25.5 Å². The number of aromatic nitrogens is 1. The quantitative estimate of drug-likeness (QED) is 0.889. The first kappa shape index (κ1) is 13.8. The van der Waals surface area contributed by atoms with Gasteiger partial charge in [-0.25, -0.2) is 0 Å². The normalized spacial score (nSPS) is 14.1. The Balaban J connectivity index is 1.75. The largest absolute Gasteiger partial charge is 0.397 e. The SMILES string of the molecule is CN(CC(=O)NC1CC1)C(=O)c1sc2cnccc2c1N. The number of nitrogens with one attached hydrogen (secondary N) is 1. The molecule has 0 radical (unpaired) electrons. The van der Waals surface area contributed by atoms with Gasteiger partial charge in [0.2, 0.25) is 5.91 Å². The summed E-state index contributed by atoms with van der Waals surface area (Å²) >= 11 is 1.30. The van der Waals surface area contributed by atoms with Crippen LogP contribution >= 0.6 is 11.3 Å². The smallest absolute Gasteiger partial charge is 0.266 e. The number of hydrogen-bond donors (Lipinski definition) is 2. The Labute approximate surface area is 125 Å². The topological polar surface area (TPSA) is 88.3 Å². The lowest BCUT2D eigenvalue weighted by molar-refractivity contribution is -0.121. The number of nitrogen functional groups attached to an aromatic ring is 1. The van der Waals surface area contributed by atoms with Crippen molar-refractivity contribution in [1.29, 1.82) is 0 Å². The zero-order valence-corrected chi connectivity index (χ0v) is 12.4. The number of anilines is 1. The highest BCUT2D eigenvalue weighted by Crippen LogP contribution is 2.33. The van der Waals surface area contributed by atoms with E-state index in [0.717, 1.165) is 22.9 Å². The maximum absolute atomic E-state index is 12.4. The van der Waals surface area contributed by atoms with Crippen molar-refractivity contribution >= 4 is 38.9 Å². The van der Waals surface area contributed by atoms with Crippen molar-refractivity contribution in [1.82, 2.24) is 15.2 Å². The van der Waals surface area contributed by atoms with Crippen molar-refractivity contribution in [3.8, 4) is 0 Å². The Bertz CT molecular complexity index is 708. The number of likely N-dealkylation sites (N-methyl/N-ethyl adjacent to an activating group) is 1. The first-order valence-electron chi connectivity index (χ1n) is 6.73. The molecule has 1 fully saturated rings. The molecule has 1 saturated carbocycles. The van der Waals surface area contributed by atoms with Crippen LogP contribution in [0.1, 0.15) is 22.5 Å². The van der Waals surface area contributed by atoms with Crippen molar-refractivity contribution in [2.45, 2.75) is 18.9 Å². The zero-order chi connectivity index (χ0) is 15.0. The lowest BCUT2D eigenvalue weighted by Gasteiger charge is -2.16. The van der Waals surface area contributed by atoms with E-state index in [2.05, 4.69) is 10.3 Å². The first-order chi connectivity index (χ1) is 10.1. The van der Waals surface area contributed by atoms with Crippen LogP contribution in [0.4, 0.5) is 5.69 Å². The summed E-state index contributed by atoms with van der Waals surface area (Å²) in [6.07, 6.45) is 5.39. The molecule has 7 heteroatoms. The number of thiophene rings is 1. The predicted molar refractivity (Wildman–Crippen MR) is 82.2 cm³/mol. The van der Waals surface area contributed by atoms with Gasteiger partial charge in [-0.1, -0.05) is 0 Å². The Morgan fingerprint density at radius 3 is 2.95 bits per heavy atom. The summed E-state index contributed by atoms with van der Waals surface area (Å²) in [6.45, 7) is 0.0429. The van der Waals surface area contributed by atoms with Gasteiger partial charge in [-0.2, -0.15) is 0 Å². The van der Waals surface area contributed by atoms with Crippen LogP contribution in [0.15, 0.2) is 18.5 Å². The Morgan fingerprint density at radius 2 is 2.29 bits per heavy atom. The number of pyridine rings is 1. The molecule has 21 heavy (non-hydrogen) atoms. The molecule has 110 valence electrons. The van der Waals surface area contributed by atoms with Crippen molar-refractivity contribution in [2.75, 3.05) is 19.3 Å². The average Bonchev–Trinajstić information content (AvgIpc) is 3.21. The van der Waals surface area contributed by atoms with Crippen LogP contribution in [0.25, 0.3) is 10.1 Å². The van der Waals surface area contributed by atoms with Gasteiger partial charge in [-0.3, -0.25) is 14.6 Å². The highest BCUT2D eigenvalue weighted by Gasteiger charge is 2.25. The molecule has 3 rings (SSSR count). The van der Waals surface area contributed by atoms with Crippen LogP contribution in [0.5, 0.6) is 0 Å². The van der Waals surface area contributed by atoms with Crippen LogP contribution in [0.2, 0.25) is 0 Å². The van der Waals surface area contributed by atoms with E-state index >= 15 is 0 Å². The molecule has 1 aliphatic rings. The van der Waals surface area contributed by atoms with Crippen LogP contribution in [-0.4, -0.2) is 41.3 Å². The van der Waals surface area contributed by atoms with Gasteiger partial charge in [0, 0.05) is 30.9 Å². The molecular weight excluding hydrogens is 288 g/mol. The molecule has 0 unspecified atom stereocenters. The third-order valence-corrected chi connectivity index (χ3v) is 4.54. The summed E-state index contributed by atoms with van der Waals surface area (Å²) in [7, 11) is 1.61. The fraction of sp³-hybridized carbons (Fsp3) is 0.357. The number of fused-ring (bicyclic) bond motifs is 1. The predicted octanol–water partition coefficient (Wildman–Crippen LogP) is 1.23. The molecule has 0 atom stereocenters. The maximum atomic E-state index is 12.4. The number of carbonyl (C=O) groups is 2. The van der Waals surface area contributed by atoms with Gasteiger partial charge < -0.3 is 16.0 Å². The fourth-order valence-electron chi connectivity index (χ4n) is 2.09. The van der Waals surface area contributed by atoms with Crippen molar-refractivity contribution in [2.24, 2.45) is 0 Å². The first-order valence-corrected chi connectivity index (χ1v) is 7.54. The number of nitrogens with two attached hydrogens (primary N) is 1. The monoisotopic (exact) mass is 304 g/mol. The van der Waals surface area contributed by atoms with E-state index in [4.69, 9.17) is 5.73 Å². The minimum absolute atomic E-state index is 0.0429. The number of amides is 2. The molecule has 0 spiro atoms. The summed E-state index contributed by atoms with van der Waals surface area (Å²) in [5, 5.41) is 3.69. The molecule has 0 bridgehead atoms. The molecule has 2 aromatic rings. The Morgan fingerprint density at radius 1 is 1.52 bits per heavy atom. The summed E-state index contributed by atoms with van der Waals surface area (Å²) in [5.74, 6) is -0.366. The number of rotatable bonds is 4. The highest BCUT2D eigenvalue weighted by molar-refractivity contribution is 7.21. The van der Waals surface area contributed by atoms with Crippen LogP contribution in [0.3, 0.4) is 0 Å². The van der Waals surface area contributed by atoms with E-state index in [-0.39, 0.29) is 18.4 Å². The molecule has 2 aromatic heterocycles. The molecule has 0 aromatic carbocycles. The standard InChI is InChI=1S/C14H16N4O2S/c1-18(7-11(19)17-8-2-3-8)14(20)13-12(15)9-4-5-16-6-10(9)21-13/h4-6,8H,2-3,7,15H2,1H3,(H,17,19). The second-order valence-electron chi connectivity index (χ2n) is 5.22. The minimum atomic E-state index is -0.236. The highest BCUT2D eigenvalue weighted by atomic mass is 32.1. The zero-order valence-electron chi connectivity index (χ0n) is 11.6. The Kier molecular flexibility index (Phi) is 3.50. The summed E-state index contributed by atoms with van der Waals surface area (Å²) in [5.41, 5.74) is 6.49. The lowest BCUT2D eigenvalue weighted by atomic mass is 10.2. The molecule has 6 nitrogen and oxygen atoms in total. The number of carbonyl (C=O) groups excluding carboxylic acids is 2. The third kappa shape index (κ3) is 2.82. The van der Waals surface area contributed by atoms with Gasteiger partial charge in [0.1, 0.15) is 4.88 Å². The van der Waals surface area contributed by atoms with E-state index in [0.29, 0.717) is 16.6 Å². The lowest BCUT2D eigenvalue weighted by Crippen LogP contribution is -2.39. The van der Waals surface area contributed by atoms with Gasteiger partial charge in [-0.15, -0.1) is 11.3 Å². The summed E-state index contributed by atoms with van der Waals surface area (Å²) in [4.78, 5) is 30.1. The van der Waals surface area contributed by atoms with Gasteiger partial charge in [0.05, 0.1) is 16.9 Å². The average molecular weight is 304 g/mol. The van der Waals surface area contributed by atoms with E-state index in [1.165, 1.54) is 16.2 Å². The second kappa shape index (κ2) is 5.33. The van der Waals surface area contributed by atoms with Crippen molar-refractivity contribution in [3.63, 3.8) is 0 Å². The van der Waals surface area contributed by atoms with Crippen LogP contribution in [-0.2, 0) is 4.79 Å².